The van der Waals surface area contributed by atoms with Crippen LogP contribution in [0.4, 0.5) is 0 Å². The molecule has 104 valence electrons. The summed E-state index contributed by atoms with van der Waals surface area (Å²) in [6, 6.07) is -0.262. The van der Waals surface area contributed by atoms with E-state index in [-0.39, 0.29) is 12.3 Å². The number of likely N-dealkylation sites (N-methyl/N-ethyl adjacent to an activating group) is 1. The van der Waals surface area contributed by atoms with Gasteiger partial charge in [-0.3, -0.25) is 4.79 Å². The van der Waals surface area contributed by atoms with E-state index in [0.29, 0.717) is 18.5 Å². The summed E-state index contributed by atoms with van der Waals surface area (Å²) in [4.78, 5) is 13.9. The summed E-state index contributed by atoms with van der Waals surface area (Å²) in [7, 11) is 4.08. The van der Waals surface area contributed by atoms with Crippen LogP contribution in [0.3, 0.4) is 0 Å². The van der Waals surface area contributed by atoms with Crippen molar-refractivity contribution in [2.24, 2.45) is 11.7 Å². The van der Waals surface area contributed by atoms with Gasteiger partial charge in [-0.25, -0.2) is 0 Å². The summed E-state index contributed by atoms with van der Waals surface area (Å²) in [6.07, 6.45) is 7.63. The third-order valence-electron chi connectivity index (χ3n) is 3.42. The molecule has 0 aliphatic heterocycles. The van der Waals surface area contributed by atoms with Crippen LogP contribution in [-0.4, -0.2) is 43.5 Å². The first-order chi connectivity index (χ1) is 8.47. The van der Waals surface area contributed by atoms with Crippen LogP contribution in [0.15, 0.2) is 0 Å². The van der Waals surface area contributed by atoms with Gasteiger partial charge in [0.15, 0.2) is 0 Å². The fraction of sp³-hybridized carbons (Fsp3) is 0.786. The number of amides is 1. The van der Waals surface area contributed by atoms with Crippen LogP contribution in [0.25, 0.3) is 0 Å². The van der Waals surface area contributed by atoms with Gasteiger partial charge in [0, 0.05) is 19.0 Å². The maximum absolute atomic E-state index is 11.7. The van der Waals surface area contributed by atoms with Crippen molar-refractivity contribution in [3.63, 3.8) is 0 Å². The number of nitrogens with zero attached hydrogens (tertiary/aromatic N) is 1. The Bertz CT molecular complexity index is 279. The molecule has 0 spiro atoms. The van der Waals surface area contributed by atoms with Gasteiger partial charge in [-0.1, -0.05) is 26.7 Å². The van der Waals surface area contributed by atoms with Crippen LogP contribution in [0.1, 0.15) is 33.1 Å². The van der Waals surface area contributed by atoms with Crippen molar-refractivity contribution in [3.8, 4) is 12.3 Å². The van der Waals surface area contributed by atoms with E-state index in [1.165, 1.54) is 0 Å². The van der Waals surface area contributed by atoms with Crippen molar-refractivity contribution in [2.75, 3.05) is 20.6 Å². The van der Waals surface area contributed by atoms with E-state index in [4.69, 9.17) is 12.2 Å². The van der Waals surface area contributed by atoms with Crippen LogP contribution < -0.4 is 11.1 Å². The molecule has 0 aliphatic rings. The number of terminal acetylenes is 1. The number of carbonyl (C=O) groups is 1. The summed E-state index contributed by atoms with van der Waals surface area (Å²) >= 11 is 0. The molecule has 0 saturated heterocycles. The first-order valence-corrected chi connectivity index (χ1v) is 6.61. The molecule has 2 unspecified atom stereocenters. The highest BCUT2D eigenvalue weighted by Gasteiger charge is 2.22. The molecule has 0 aliphatic carbocycles. The number of hydrogen-bond acceptors (Lipinski definition) is 3. The lowest BCUT2D eigenvalue weighted by atomic mass is 9.93. The van der Waals surface area contributed by atoms with E-state index in [2.05, 4.69) is 30.0 Å². The molecule has 0 heterocycles. The fourth-order valence-corrected chi connectivity index (χ4v) is 2.16. The SMILES string of the molecule is C#CCC(N)C(=O)NCC(C(CC)CC)N(C)C. The van der Waals surface area contributed by atoms with Crippen molar-refractivity contribution < 1.29 is 4.79 Å². The summed E-state index contributed by atoms with van der Waals surface area (Å²) in [6.45, 7) is 4.98. The summed E-state index contributed by atoms with van der Waals surface area (Å²) < 4.78 is 0. The van der Waals surface area contributed by atoms with Gasteiger partial charge < -0.3 is 16.0 Å². The van der Waals surface area contributed by atoms with Crippen LogP contribution in [-0.2, 0) is 4.79 Å². The third-order valence-corrected chi connectivity index (χ3v) is 3.42. The molecule has 0 radical (unpaired) electrons. The maximum Gasteiger partial charge on any atom is 0.237 e. The molecule has 0 aromatic heterocycles. The second-order valence-electron chi connectivity index (χ2n) is 4.87. The Kier molecular flexibility index (Phi) is 8.43. The molecule has 0 aromatic rings. The molecule has 4 heteroatoms. The Hall–Kier alpha value is -1.05. The van der Waals surface area contributed by atoms with Crippen molar-refractivity contribution in [1.82, 2.24) is 10.2 Å². The van der Waals surface area contributed by atoms with E-state index >= 15 is 0 Å². The number of carbonyl (C=O) groups excluding carboxylic acids is 1. The highest BCUT2D eigenvalue weighted by Crippen LogP contribution is 2.16. The van der Waals surface area contributed by atoms with E-state index in [1.807, 2.05) is 14.1 Å². The molecule has 0 bridgehead atoms. The van der Waals surface area contributed by atoms with Gasteiger partial charge in [-0.15, -0.1) is 12.3 Å². The van der Waals surface area contributed by atoms with Crippen LogP contribution in [0.5, 0.6) is 0 Å². The molecule has 4 nitrogen and oxygen atoms in total. The summed E-state index contributed by atoms with van der Waals surface area (Å²) in [5.74, 6) is 2.82. The standard InChI is InChI=1S/C14H27N3O/c1-6-9-12(15)14(18)16-10-13(17(4)5)11(7-2)8-3/h1,11-13H,7-10,15H2,2-5H3,(H,16,18). The fourth-order valence-electron chi connectivity index (χ4n) is 2.16. The zero-order valence-corrected chi connectivity index (χ0v) is 12.1. The summed E-state index contributed by atoms with van der Waals surface area (Å²) in [5.41, 5.74) is 5.66. The second kappa shape index (κ2) is 8.96. The van der Waals surface area contributed by atoms with Crippen LogP contribution in [0.2, 0.25) is 0 Å². The molecular formula is C14H27N3O. The van der Waals surface area contributed by atoms with Gasteiger partial charge in [0.05, 0.1) is 6.04 Å². The number of nitrogens with one attached hydrogen (secondary N) is 1. The molecule has 18 heavy (non-hydrogen) atoms. The van der Waals surface area contributed by atoms with E-state index in [9.17, 15) is 4.79 Å². The van der Waals surface area contributed by atoms with Crippen molar-refractivity contribution in [3.05, 3.63) is 0 Å². The molecular weight excluding hydrogens is 226 g/mol. The van der Waals surface area contributed by atoms with Gasteiger partial charge in [-0.2, -0.15) is 0 Å². The Morgan fingerprint density at radius 2 is 1.94 bits per heavy atom. The molecule has 0 saturated carbocycles. The Morgan fingerprint density at radius 1 is 1.39 bits per heavy atom. The minimum Gasteiger partial charge on any atom is -0.353 e. The average molecular weight is 253 g/mol. The molecule has 0 rings (SSSR count). The van der Waals surface area contributed by atoms with Gasteiger partial charge in [-0.05, 0) is 20.0 Å². The average Bonchev–Trinajstić information content (AvgIpc) is 2.33. The second-order valence-corrected chi connectivity index (χ2v) is 4.87. The first-order valence-electron chi connectivity index (χ1n) is 6.61. The molecule has 0 fully saturated rings. The first kappa shape index (κ1) is 16.9. The molecule has 0 aromatic carbocycles. The normalized spacial score (nSPS) is 14.3. The summed E-state index contributed by atoms with van der Waals surface area (Å²) in [5, 5.41) is 2.90. The van der Waals surface area contributed by atoms with Crippen LogP contribution in [0, 0.1) is 18.3 Å². The minimum absolute atomic E-state index is 0.161. The Balaban J connectivity index is 4.36. The van der Waals surface area contributed by atoms with Crippen molar-refractivity contribution in [2.45, 2.75) is 45.2 Å². The van der Waals surface area contributed by atoms with Gasteiger partial charge >= 0.3 is 0 Å². The molecule has 1 amide bonds. The highest BCUT2D eigenvalue weighted by atomic mass is 16.2. The predicted molar refractivity (Wildman–Crippen MR) is 76.0 cm³/mol. The number of nitrogens with two attached hydrogens (primary N) is 1. The van der Waals surface area contributed by atoms with E-state index in [0.717, 1.165) is 12.8 Å². The number of rotatable bonds is 8. The zero-order valence-electron chi connectivity index (χ0n) is 12.1. The zero-order chi connectivity index (χ0) is 14.1. The monoisotopic (exact) mass is 253 g/mol. The van der Waals surface area contributed by atoms with E-state index in [1.54, 1.807) is 0 Å². The lowest BCUT2D eigenvalue weighted by Crippen LogP contribution is -2.48. The van der Waals surface area contributed by atoms with Crippen LogP contribution >= 0.6 is 0 Å². The quantitative estimate of drug-likeness (QED) is 0.630. The van der Waals surface area contributed by atoms with Crippen molar-refractivity contribution in [1.29, 1.82) is 0 Å². The van der Waals surface area contributed by atoms with E-state index < -0.39 is 6.04 Å². The van der Waals surface area contributed by atoms with Crippen molar-refractivity contribution >= 4 is 5.91 Å². The Morgan fingerprint density at radius 3 is 2.33 bits per heavy atom. The third kappa shape index (κ3) is 5.52. The lowest BCUT2D eigenvalue weighted by molar-refractivity contribution is -0.122. The van der Waals surface area contributed by atoms with Gasteiger partial charge in [0.2, 0.25) is 5.91 Å². The van der Waals surface area contributed by atoms with Gasteiger partial charge in [0.1, 0.15) is 0 Å². The molecule has 2 atom stereocenters. The van der Waals surface area contributed by atoms with Gasteiger partial charge in [0.25, 0.3) is 0 Å². The predicted octanol–water partition coefficient (Wildman–Crippen LogP) is 0.820. The topological polar surface area (TPSA) is 58.4 Å². The molecule has 3 N–H and O–H groups in total. The highest BCUT2D eigenvalue weighted by molar-refractivity contribution is 5.81. The largest absolute Gasteiger partial charge is 0.353 e. The number of hydrogen-bond donors (Lipinski definition) is 2. The lowest BCUT2D eigenvalue weighted by Gasteiger charge is -2.31. The maximum atomic E-state index is 11.7. The Labute approximate surface area is 111 Å². The minimum atomic E-state index is -0.598. The smallest absolute Gasteiger partial charge is 0.237 e.